The van der Waals surface area contributed by atoms with Crippen LogP contribution in [0.2, 0.25) is 0 Å². The van der Waals surface area contributed by atoms with Crippen LogP contribution in [-0.2, 0) is 120 Å². The van der Waals surface area contributed by atoms with E-state index in [1.165, 1.54) is 55.4 Å². The molecule has 59 heteroatoms. The van der Waals surface area contributed by atoms with Gasteiger partial charge in [-0.2, -0.15) is 0 Å². The summed E-state index contributed by atoms with van der Waals surface area (Å²) in [5, 5.41) is 116. The maximum Gasteiger partial charge on any atom is 0.326 e. The number of carbonyl (C=O) groups is 25. The topological polar surface area (TPSA) is 981 Å². The van der Waals surface area contributed by atoms with E-state index in [1.54, 1.807) is 27.7 Å². The number of carboxylic acid groups (broad SMARTS) is 2. The zero-order valence-corrected chi connectivity index (χ0v) is 83.2. The number of hydrogen-bond acceptors (Lipinski definition) is 32. The number of aliphatic carboxylic acids is 2. The fourth-order valence-electron chi connectivity index (χ4n) is 13.0. The van der Waals surface area contributed by atoms with Gasteiger partial charge in [0.1, 0.15) is 109 Å². The lowest BCUT2D eigenvalue weighted by molar-refractivity contribution is -0.143. The monoisotopic (exact) mass is 2060 g/mol. The first-order chi connectivity index (χ1) is 67.0. The van der Waals surface area contributed by atoms with Gasteiger partial charge in [-0.25, -0.2) is 4.79 Å². The average Bonchev–Trinajstić information content (AvgIpc) is 0.840. The predicted molar refractivity (Wildman–Crippen MR) is 506 cm³/mol. The number of primary amides is 3. The number of rotatable bonds is 69. The van der Waals surface area contributed by atoms with Crippen LogP contribution in [0.4, 0.5) is 0 Å². The molecule has 0 unspecified atom stereocenters. The molecule has 0 saturated carbocycles. The fraction of sp³-hybridized carbons (Fsp3) is 0.694. The molecule has 0 bridgehead atoms. The van der Waals surface area contributed by atoms with Crippen LogP contribution < -0.4 is 146 Å². The van der Waals surface area contributed by atoms with Gasteiger partial charge in [0.25, 0.3) is 0 Å². The minimum Gasteiger partial charge on any atom is -0.481 e. The molecular weight excluding hydrogens is 1910 g/mol. The van der Waals surface area contributed by atoms with Gasteiger partial charge in [0.05, 0.1) is 64.3 Å². The summed E-state index contributed by atoms with van der Waals surface area (Å²) in [4.78, 5) is 331. The van der Waals surface area contributed by atoms with E-state index in [0.717, 1.165) is 20.8 Å². The first-order valence-corrected chi connectivity index (χ1v) is 46.4. The van der Waals surface area contributed by atoms with Crippen LogP contribution in [0.3, 0.4) is 0 Å². The molecule has 21 atom stereocenters. The zero-order chi connectivity index (χ0) is 111. The number of aliphatic hydroxyl groups is 4. The second kappa shape index (κ2) is 65.8. The lowest BCUT2D eigenvalue weighted by Gasteiger charge is -2.29. The number of carboxylic acids is 2. The molecule has 40 N–H and O–H groups in total. The first kappa shape index (κ1) is 130. The average molecular weight is 2060 g/mol. The summed E-state index contributed by atoms with van der Waals surface area (Å²) in [6.07, 6.45) is -4.02. The standard InChI is InChI=1S/C85H148N28O31/c1-16-39(10)64(112-72(131)46(21-17-18-24-86)101-70(129)45(87)20-19-25-93-85(91)92)83(142)113-65(44(15)117)79(138)95-31-59(122)109-61(36(4)5)80(139)99-41(12)67(126)96-40(11)66(125)94-30-58(121)100-52(32-114)76(135)98-42(13)68(127)107-53(33-115)78(137)108-54(34-116)77(136)103-50(29-60(123)124)73(132)97-43(14)69(128)110-62(37(6)7)81(140)105-49(28-57(90)120)75(134)111-63(38(8)9)82(141)104-48(27-56(89)119)74(133)102-47(22-23-55(88)118)71(130)106-51(84(143)144)26-35(2)3/h35-54,61-65,114-117H,16-34,86-87H2,1-15H3,(H2,88,118)(H2,89,119)(H2,90,120)(H,94,125)(H,95,138)(H,96,126)(H,97,132)(H,98,135)(H,99,139)(H,100,121)(H,101,129)(H,102,133)(H,103,136)(H,104,141)(H,105,140)(H,106,130)(H,107,127)(H,108,137)(H,109,122)(H,110,128)(H,111,134)(H,112,131)(H,113,142)(H,123,124)(H,143,144)(H4,91,92,93)/t39-,40-,41-,42-,43-,44+,45-,46-,47-,48-,49-,50-,51-,52-,53-,54-,61-,62-,63-,64-,65-/m0/s1. The smallest absolute Gasteiger partial charge is 0.326 e. The third kappa shape index (κ3) is 49.0. The van der Waals surface area contributed by atoms with E-state index in [4.69, 9.17) is 39.8 Å². The van der Waals surface area contributed by atoms with E-state index in [9.17, 15) is 151 Å². The van der Waals surface area contributed by atoms with Crippen molar-refractivity contribution in [1.82, 2.24) is 112 Å². The molecule has 0 fully saturated rings. The molecule has 0 aromatic carbocycles. The van der Waals surface area contributed by atoms with E-state index < -0.39 is 357 Å². The van der Waals surface area contributed by atoms with Crippen LogP contribution in [0.1, 0.15) is 181 Å². The Balaban J connectivity index is 6.02. The Labute approximate surface area is 829 Å². The van der Waals surface area contributed by atoms with Gasteiger partial charge in [-0.05, 0) is 116 Å². The van der Waals surface area contributed by atoms with Crippen molar-refractivity contribution in [1.29, 1.82) is 5.41 Å². The van der Waals surface area contributed by atoms with Gasteiger partial charge in [0, 0.05) is 13.0 Å². The molecule has 0 radical (unpaired) electrons. The highest BCUT2D eigenvalue weighted by Crippen LogP contribution is 2.16. The van der Waals surface area contributed by atoms with Gasteiger partial charge < -0.3 is 177 Å². The SMILES string of the molecule is CC[C@H](C)[C@H](NC(=O)[C@H](CCCCN)NC(=O)[C@@H](N)CCCNC(=N)N)C(=O)N[C@H](C(=O)NCC(=O)N[C@H](C(=O)N[C@@H](C)C(=O)N[C@@H](C)C(=O)NCC(=O)N[C@@H](CO)C(=O)N[C@@H](C)C(=O)N[C@@H](CO)C(=O)N[C@@H](CO)C(=O)N[C@@H](CC(=O)O)C(=O)N[C@@H](C)C(=O)N[C@H](C(=O)N[C@@H](CC(N)=O)C(=O)N[C@H](C(=O)N[C@@H](CC(N)=O)C(=O)N[C@@H](CCC(N)=O)C(=O)N[C@@H](CC(C)C)C(=O)O)C(C)C)C(C)C)C(C)C)[C@@H](C)O. The number of carbonyl (C=O) groups excluding carboxylic acids is 23. The van der Waals surface area contributed by atoms with Crippen LogP contribution in [0.25, 0.3) is 0 Å². The van der Waals surface area contributed by atoms with Crippen molar-refractivity contribution in [2.45, 2.75) is 302 Å². The van der Waals surface area contributed by atoms with Gasteiger partial charge in [0.15, 0.2) is 5.96 Å². The number of nitrogens with one attached hydrogen (secondary N) is 22. The predicted octanol–water partition coefficient (Wildman–Crippen LogP) is -15.3. The molecule has 144 heavy (non-hydrogen) atoms. The highest BCUT2D eigenvalue weighted by Gasteiger charge is 2.42. The minimum absolute atomic E-state index is 0.0629. The molecule has 0 aliphatic heterocycles. The van der Waals surface area contributed by atoms with Gasteiger partial charge in [-0.3, -0.25) is 120 Å². The molecule has 59 nitrogen and oxygen atoms in total. The van der Waals surface area contributed by atoms with Crippen molar-refractivity contribution in [3.63, 3.8) is 0 Å². The summed E-state index contributed by atoms with van der Waals surface area (Å²) in [6.45, 7) is 15.9. The number of unbranched alkanes of at least 4 members (excludes halogenated alkanes) is 1. The summed E-state index contributed by atoms with van der Waals surface area (Å²) >= 11 is 0. The quantitative estimate of drug-likeness (QED) is 0.0153. The second-order valence-corrected chi connectivity index (χ2v) is 35.6. The normalized spacial score (nSPS) is 15.5. The molecule has 0 aromatic rings. The summed E-state index contributed by atoms with van der Waals surface area (Å²) in [5.41, 5.74) is 33.2. The van der Waals surface area contributed by atoms with Crippen molar-refractivity contribution in [2.75, 3.05) is 46.0 Å². The summed E-state index contributed by atoms with van der Waals surface area (Å²) in [5.74, 6) is -32.6. The maximum atomic E-state index is 14.0. The zero-order valence-electron chi connectivity index (χ0n) is 83.2. The van der Waals surface area contributed by atoms with Crippen LogP contribution in [-0.4, -0.2) is 351 Å². The van der Waals surface area contributed by atoms with Crippen molar-refractivity contribution in [3.8, 4) is 0 Å². The molecule has 0 aromatic heterocycles. The Kier molecular flexibility index (Phi) is 59.3. The van der Waals surface area contributed by atoms with E-state index >= 15 is 0 Å². The number of aliphatic hydroxyl groups excluding tert-OH is 4. The van der Waals surface area contributed by atoms with Crippen LogP contribution in [0.15, 0.2) is 0 Å². The summed E-state index contributed by atoms with van der Waals surface area (Å²) in [6, 6.07) is -31.5. The Hall–Kier alpha value is -14.2. The number of guanidine groups is 1. The van der Waals surface area contributed by atoms with Crippen LogP contribution in [0, 0.1) is 35.0 Å². The number of amides is 23. The summed E-state index contributed by atoms with van der Waals surface area (Å²) < 4.78 is 0. The second-order valence-electron chi connectivity index (χ2n) is 35.6. The van der Waals surface area contributed by atoms with Crippen LogP contribution in [0.5, 0.6) is 0 Å². The molecule has 0 heterocycles. The van der Waals surface area contributed by atoms with Gasteiger partial charge in [-0.1, -0.05) is 75.7 Å². The van der Waals surface area contributed by atoms with Crippen molar-refractivity contribution in [3.05, 3.63) is 0 Å². The van der Waals surface area contributed by atoms with Gasteiger partial charge >= 0.3 is 11.9 Å². The minimum atomic E-state index is -2.15. The van der Waals surface area contributed by atoms with E-state index in [0.29, 0.717) is 25.7 Å². The van der Waals surface area contributed by atoms with Crippen molar-refractivity contribution in [2.24, 2.45) is 64.0 Å². The van der Waals surface area contributed by atoms with E-state index in [-0.39, 0.29) is 44.2 Å². The Morgan fingerprint density at radius 1 is 0.312 bits per heavy atom. The molecule has 0 aliphatic carbocycles. The fourth-order valence-corrected chi connectivity index (χ4v) is 13.0. The third-order valence-corrected chi connectivity index (χ3v) is 21.6. The Bertz CT molecular complexity index is 4470. The Morgan fingerprint density at radius 3 is 1.08 bits per heavy atom. The highest BCUT2D eigenvalue weighted by molar-refractivity contribution is 6.03. The molecule has 0 saturated heterocycles. The highest BCUT2D eigenvalue weighted by atomic mass is 16.4. The van der Waals surface area contributed by atoms with Crippen molar-refractivity contribution >= 4 is 154 Å². The molecule has 0 spiro atoms. The molecule has 814 valence electrons. The summed E-state index contributed by atoms with van der Waals surface area (Å²) in [7, 11) is 0. The lowest BCUT2D eigenvalue weighted by atomic mass is 9.96. The Morgan fingerprint density at radius 2 is 0.639 bits per heavy atom. The number of hydrogen-bond donors (Lipinski definition) is 34. The van der Waals surface area contributed by atoms with Crippen molar-refractivity contribution < 1.29 is 151 Å². The van der Waals surface area contributed by atoms with Crippen LogP contribution >= 0.6 is 0 Å². The van der Waals surface area contributed by atoms with E-state index in [2.05, 4.69) is 95.7 Å². The van der Waals surface area contributed by atoms with E-state index in [1.807, 2.05) is 16.0 Å². The largest absolute Gasteiger partial charge is 0.481 e. The lowest BCUT2D eigenvalue weighted by Crippen LogP contribution is -2.62. The molecule has 0 aliphatic rings. The molecule has 0 rings (SSSR count). The maximum absolute atomic E-state index is 14.0. The number of nitrogens with two attached hydrogens (primary N) is 6. The first-order valence-electron chi connectivity index (χ1n) is 46.4. The van der Waals surface area contributed by atoms with Gasteiger partial charge in [0.2, 0.25) is 136 Å². The van der Waals surface area contributed by atoms with Gasteiger partial charge in [-0.15, -0.1) is 0 Å². The third-order valence-electron chi connectivity index (χ3n) is 21.6. The molecular formula is C85H148N28O31. The molecule has 23 amide bonds.